The van der Waals surface area contributed by atoms with Crippen molar-refractivity contribution in [2.45, 2.75) is 11.3 Å². The monoisotopic (exact) mass is 343 g/mol. The molecule has 4 N–H and O–H groups in total. The molecule has 0 amide bonds. The van der Waals surface area contributed by atoms with Gasteiger partial charge in [0.2, 0.25) is 0 Å². The van der Waals surface area contributed by atoms with E-state index in [9.17, 15) is 8.42 Å². The van der Waals surface area contributed by atoms with Gasteiger partial charge in [-0.1, -0.05) is 12.1 Å². The molecule has 6 nitrogen and oxygen atoms in total. The zero-order valence-corrected chi connectivity index (χ0v) is 13.6. The van der Waals surface area contributed by atoms with Crippen molar-refractivity contribution in [1.29, 1.82) is 0 Å². The number of fused-ring (bicyclic) bond motifs is 1. The molecule has 0 aliphatic rings. The Hall–Kier alpha value is -2.77. The first-order chi connectivity index (χ1) is 11.5. The van der Waals surface area contributed by atoms with E-state index in [0.29, 0.717) is 17.6 Å². The van der Waals surface area contributed by atoms with Gasteiger partial charge in [0.05, 0.1) is 10.4 Å². The highest BCUT2D eigenvalue weighted by Gasteiger charge is 2.18. The summed E-state index contributed by atoms with van der Waals surface area (Å²) in [7, 11) is -3.67. The normalized spacial score (nSPS) is 12.0. The Morgan fingerprint density at radius 2 is 1.88 bits per heavy atom. The third kappa shape index (κ3) is 2.99. The van der Waals surface area contributed by atoms with Crippen LogP contribution in [0.3, 0.4) is 0 Å². The van der Waals surface area contributed by atoms with Crippen molar-refractivity contribution >= 4 is 26.6 Å². The third-order valence-corrected chi connectivity index (χ3v) is 5.41. The molecule has 0 unspecified atom stereocenters. The van der Waals surface area contributed by atoms with Crippen molar-refractivity contribution in [3.05, 3.63) is 72.6 Å². The highest BCUT2D eigenvalue weighted by molar-refractivity contribution is 7.90. The van der Waals surface area contributed by atoms with Crippen molar-refractivity contribution in [2.24, 2.45) is 0 Å². The van der Waals surface area contributed by atoms with E-state index < -0.39 is 10.0 Å². The Balaban J connectivity index is 2.01. The van der Waals surface area contributed by atoms with Crippen LogP contribution in [0.15, 0.2) is 71.9 Å². The fraction of sp³-hybridized carbons (Fsp3) is 0.0588. The van der Waals surface area contributed by atoms with Gasteiger partial charge in [0.25, 0.3) is 10.0 Å². The van der Waals surface area contributed by atoms with E-state index in [0.717, 1.165) is 10.9 Å². The maximum Gasteiger partial charge on any atom is 0.268 e. The number of aromatic nitrogens is 1. The predicted octanol–water partition coefficient (Wildman–Crippen LogP) is 2.50. The summed E-state index contributed by atoms with van der Waals surface area (Å²) >= 11 is 0. The van der Waals surface area contributed by atoms with Crippen LogP contribution < -0.4 is 11.2 Å². The highest BCUT2D eigenvalue weighted by atomic mass is 32.2. The van der Waals surface area contributed by atoms with E-state index in [4.69, 9.17) is 10.9 Å². The molecule has 3 aromatic rings. The average molecular weight is 343 g/mol. The lowest BCUT2D eigenvalue weighted by Gasteiger charge is -2.08. The van der Waals surface area contributed by atoms with E-state index in [1.165, 1.54) is 22.3 Å². The molecule has 3 rings (SSSR count). The van der Waals surface area contributed by atoms with Gasteiger partial charge in [0, 0.05) is 23.5 Å². The third-order valence-electron chi connectivity index (χ3n) is 3.70. The van der Waals surface area contributed by atoms with Crippen LogP contribution in [0, 0.1) is 0 Å². The van der Waals surface area contributed by atoms with Crippen LogP contribution in [0.1, 0.15) is 5.56 Å². The molecular weight excluding hydrogens is 326 g/mol. The maximum atomic E-state index is 12.8. The standard InChI is InChI=1S/C17H17N3O3S/c18-15-4-6-16(7-5-15)24(22,23)20-11-9-14-12-13(2-1-10-19-21)3-8-17(14)20/h1,3-12,19,21H,2,18H2. The number of benzene rings is 2. The van der Waals surface area contributed by atoms with Crippen LogP contribution in [-0.2, 0) is 16.4 Å². The molecule has 0 bridgehead atoms. The first-order valence-electron chi connectivity index (χ1n) is 7.28. The lowest BCUT2D eigenvalue weighted by molar-refractivity contribution is 0.214. The Kier molecular flexibility index (Phi) is 4.28. The lowest BCUT2D eigenvalue weighted by atomic mass is 10.1. The second-order valence-electron chi connectivity index (χ2n) is 5.31. The van der Waals surface area contributed by atoms with Crippen LogP contribution >= 0.6 is 0 Å². The molecular formula is C17H17N3O3S. The first kappa shape index (κ1) is 16.1. The molecule has 124 valence electrons. The van der Waals surface area contributed by atoms with Gasteiger partial charge < -0.3 is 5.73 Å². The van der Waals surface area contributed by atoms with Gasteiger partial charge in [-0.2, -0.15) is 0 Å². The zero-order valence-electron chi connectivity index (χ0n) is 12.8. The maximum absolute atomic E-state index is 12.8. The number of nitrogens with two attached hydrogens (primary N) is 1. The van der Waals surface area contributed by atoms with E-state index in [-0.39, 0.29) is 4.90 Å². The summed E-state index contributed by atoms with van der Waals surface area (Å²) < 4.78 is 26.8. The minimum atomic E-state index is -3.67. The van der Waals surface area contributed by atoms with Gasteiger partial charge in [-0.3, -0.25) is 10.7 Å². The second kappa shape index (κ2) is 6.38. The first-order valence-corrected chi connectivity index (χ1v) is 8.72. The summed E-state index contributed by atoms with van der Waals surface area (Å²) in [5.74, 6) is 0. The smallest absolute Gasteiger partial charge is 0.268 e. The second-order valence-corrected chi connectivity index (χ2v) is 7.13. The number of nitrogen functional groups attached to an aromatic ring is 1. The van der Waals surface area contributed by atoms with E-state index in [1.807, 2.05) is 17.6 Å². The number of rotatable bonds is 5. The molecule has 24 heavy (non-hydrogen) atoms. The van der Waals surface area contributed by atoms with Crippen molar-refractivity contribution in [3.8, 4) is 0 Å². The largest absolute Gasteiger partial charge is 0.399 e. The van der Waals surface area contributed by atoms with Gasteiger partial charge in [0.15, 0.2) is 0 Å². The minimum Gasteiger partial charge on any atom is -0.399 e. The molecule has 1 aromatic heterocycles. The van der Waals surface area contributed by atoms with Crippen LogP contribution in [-0.4, -0.2) is 17.6 Å². The van der Waals surface area contributed by atoms with Gasteiger partial charge in [-0.15, -0.1) is 0 Å². The number of hydrogen-bond acceptors (Lipinski definition) is 5. The Morgan fingerprint density at radius 1 is 1.12 bits per heavy atom. The van der Waals surface area contributed by atoms with Crippen molar-refractivity contribution < 1.29 is 13.6 Å². The van der Waals surface area contributed by atoms with Gasteiger partial charge >= 0.3 is 0 Å². The Bertz CT molecular complexity index is 990. The molecule has 0 aliphatic heterocycles. The quantitative estimate of drug-likeness (QED) is 0.488. The summed E-state index contributed by atoms with van der Waals surface area (Å²) in [4.78, 5) is 0.190. The summed E-state index contributed by atoms with van der Waals surface area (Å²) in [5.41, 5.74) is 9.70. The Labute approximate surface area is 139 Å². The fourth-order valence-electron chi connectivity index (χ4n) is 2.50. The lowest BCUT2D eigenvalue weighted by Crippen LogP contribution is -2.11. The van der Waals surface area contributed by atoms with Crippen LogP contribution in [0.2, 0.25) is 0 Å². The predicted molar refractivity (Wildman–Crippen MR) is 93.1 cm³/mol. The van der Waals surface area contributed by atoms with Gasteiger partial charge in [-0.05, 0) is 54.4 Å². The zero-order chi connectivity index (χ0) is 17.2. The number of allylic oxidation sites excluding steroid dienone is 1. The summed E-state index contributed by atoms with van der Waals surface area (Å²) in [6, 6.07) is 13.5. The summed E-state index contributed by atoms with van der Waals surface area (Å²) in [6.45, 7) is 0. The molecule has 0 fully saturated rings. The topological polar surface area (TPSA) is 97.4 Å². The molecule has 1 heterocycles. The molecule has 2 aromatic carbocycles. The minimum absolute atomic E-state index is 0.190. The number of nitrogens with zero attached hydrogens (tertiary/aromatic N) is 1. The number of anilines is 1. The van der Waals surface area contributed by atoms with Crippen LogP contribution in [0.5, 0.6) is 0 Å². The van der Waals surface area contributed by atoms with E-state index >= 15 is 0 Å². The average Bonchev–Trinajstić information content (AvgIpc) is 2.99. The number of hydrogen-bond donors (Lipinski definition) is 3. The van der Waals surface area contributed by atoms with E-state index in [2.05, 4.69) is 0 Å². The SMILES string of the molecule is Nc1ccc(S(=O)(=O)n2ccc3cc(CC=CNO)ccc32)cc1. The molecule has 0 aliphatic carbocycles. The van der Waals surface area contributed by atoms with Crippen molar-refractivity contribution in [3.63, 3.8) is 0 Å². The summed E-state index contributed by atoms with van der Waals surface area (Å²) in [5, 5.41) is 9.35. The summed E-state index contributed by atoms with van der Waals surface area (Å²) in [6.07, 6.45) is 5.37. The number of hydroxylamine groups is 1. The Morgan fingerprint density at radius 3 is 2.58 bits per heavy atom. The van der Waals surface area contributed by atoms with Crippen molar-refractivity contribution in [1.82, 2.24) is 9.45 Å². The van der Waals surface area contributed by atoms with Crippen LogP contribution in [0.4, 0.5) is 5.69 Å². The van der Waals surface area contributed by atoms with Crippen LogP contribution in [0.25, 0.3) is 10.9 Å². The van der Waals surface area contributed by atoms with Gasteiger partial charge in [-0.25, -0.2) is 12.4 Å². The molecule has 0 spiro atoms. The molecule has 0 saturated heterocycles. The molecule has 0 atom stereocenters. The van der Waals surface area contributed by atoms with Gasteiger partial charge in [0.1, 0.15) is 0 Å². The fourth-order valence-corrected chi connectivity index (χ4v) is 3.86. The van der Waals surface area contributed by atoms with Crippen molar-refractivity contribution in [2.75, 3.05) is 5.73 Å². The molecule has 7 heteroatoms. The van der Waals surface area contributed by atoms with E-state index in [1.54, 1.807) is 36.5 Å². The highest BCUT2D eigenvalue weighted by Crippen LogP contribution is 2.24. The number of nitrogens with one attached hydrogen (secondary N) is 1. The molecule has 0 radical (unpaired) electrons. The molecule has 0 saturated carbocycles.